The number of benzene rings is 3. The van der Waals surface area contributed by atoms with Gasteiger partial charge < -0.3 is 14.7 Å². The van der Waals surface area contributed by atoms with Gasteiger partial charge >= 0.3 is 0 Å². The van der Waals surface area contributed by atoms with Crippen LogP contribution in [-0.4, -0.2) is 26.3 Å². The quantitative estimate of drug-likeness (QED) is 0.651. The summed E-state index contributed by atoms with van der Waals surface area (Å²) in [6, 6.07) is 23.8. The summed E-state index contributed by atoms with van der Waals surface area (Å²) >= 11 is 0. The van der Waals surface area contributed by atoms with Crippen molar-refractivity contribution >= 4 is 5.69 Å². The Morgan fingerprint density at radius 1 is 0.852 bits per heavy atom. The Labute approximate surface area is 161 Å². The monoisotopic (exact) mass is 361 g/mol. The van der Waals surface area contributed by atoms with Gasteiger partial charge in [-0.2, -0.15) is 0 Å². The molecule has 1 N–H and O–H groups in total. The average Bonchev–Trinajstić information content (AvgIpc) is 2.73. The van der Waals surface area contributed by atoms with Crippen LogP contribution < -0.4 is 9.64 Å². The summed E-state index contributed by atoms with van der Waals surface area (Å²) in [6.45, 7) is 2.11. The molecule has 3 heteroatoms. The maximum Gasteiger partial charge on any atom is 0.140 e. The van der Waals surface area contributed by atoms with Gasteiger partial charge in [-0.25, -0.2) is 0 Å². The topological polar surface area (TPSA) is 32.7 Å². The highest BCUT2D eigenvalue weighted by atomic mass is 16.5. The van der Waals surface area contributed by atoms with Crippen LogP contribution in [-0.2, 0) is 12.0 Å². The van der Waals surface area contributed by atoms with E-state index in [1.165, 1.54) is 0 Å². The molecule has 0 heterocycles. The van der Waals surface area contributed by atoms with Gasteiger partial charge in [-0.15, -0.1) is 0 Å². The molecule has 0 spiro atoms. The number of methoxy groups -OCH3 is 1. The van der Waals surface area contributed by atoms with Gasteiger partial charge in [0.05, 0.1) is 7.11 Å². The molecule has 1 atom stereocenters. The van der Waals surface area contributed by atoms with E-state index in [0.29, 0.717) is 0 Å². The summed E-state index contributed by atoms with van der Waals surface area (Å²) in [5.74, 6) is 0.771. The molecule has 0 radical (unpaired) electrons. The number of anilines is 1. The fourth-order valence-electron chi connectivity index (χ4n) is 3.49. The lowest BCUT2D eigenvalue weighted by Gasteiger charge is -2.32. The number of aliphatic hydroxyl groups is 1. The van der Waals surface area contributed by atoms with Gasteiger partial charge in [0.2, 0.25) is 0 Å². The Morgan fingerprint density at radius 2 is 1.41 bits per heavy atom. The molecule has 0 saturated carbocycles. The smallest absolute Gasteiger partial charge is 0.140 e. The molecule has 27 heavy (non-hydrogen) atoms. The minimum Gasteiger partial charge on any atom is -0.497 e. The fraction of sp³-hybridized carbons (Fsp3) is 0.250. The van der Waals surface area contributed by atoms with Crippen LogP contribution in [0.4, 0.5) is 5.69 Å². The van der Waals surface area contributed by atoms with E-state index in [0.717, 1.165) is 40.1 Å². The van der Waals surface area contributed by atoms with E-state index in [9.17, 15) is 5.11 Å². The largest absolute Gasteiger partial charge is 0.497 e. The highest BCUT2D eigenvalue weighted by Crippen LogP contribution is 2.39. The SMILES string of the molecule is CCc1ccccc1C(O)(c1ccc(OC)cc1)c1ccc(N(C)C)cc1. The first-order valence-electron chi connectivity index (χ1n) is 9.23. The van der Waals surface area contributed by atoms with Crippen LogP contribution in [0.3, 0.4) is 0 Å². The van der Waals surface area contributed by atoms with Crippen LogP contribution in [0.25, 0.3) is 0 Å². The Hall–Kier alpha value is -2.78. The van der Waals surface area contributed by atoms with Crippen LogP contribution in [0.15, 0.2) is 72.8 Å². The summed E-state index contributed by atoms with van der Waals surface area (Å²) in [5.41, 5.74) is 3.58. The van der Waals surface area contributed by atoms with Gasteiger partial charge in [0.15, 0.2) is 0 Å². The van der Waals surface area contributed by atoms with E-state index >= 15 is 0 Å². The number of ether oxygens (including phenoxy) is 1. The molecule has 0 amide bonds. The molecule has 0 fully saturated rings. The van der Waals surface area contributed by atoms with E-state index in [1.54, 1.807) is 7.11 Å². The molecular weight excluding hydrogens is 334 g/mol. The van der Waals surface area contributed by atoms with Crippen molar-refractivity contribution in [2.45, 2.75) is 18.9 Å². The van der Waals surface area contributed by atoms with Crippen LogP contribution in [0.5, 0.6) is 5.75 Å². The van der Waals surface area contributed by atoms with Crippen molar-refractivity contribution in [1.29, 1.82) is 0 Å². The van der Waals surface area contributed by atoms with Crippen molar-refractivity contribution < 1.29 is 9.84 Å². The molecule has 3 nitrogen and oxygen atoms in total. The highest BCUT2D eigenvalue weighted by Gasteiger charge is 2.35. The molecule has 0 aliphatic heterocycles. The lowest BCUT2D eigenvalue weighted by Crippen LogP contribution is -2.30. The van der Waals surface area contributed by atoms with Crippen molar-refractivity contribution in [3.63, 3.8) is 0 Å². The number of aryl methyl sites for hydroxylation is 1. The summed E-state index contributed by atoms with van der Waals surface area (Å²) in [5, 5.41) is 12.1. The fourth-order valence-corrected chi connectivity index (χ4v) is 3.49. The predicted octanol–water partition coefficient (Wildman–Crippen LogP) is 4.61. The van der Waals surface area contributed by atoms with Crippen LogP contribution in [0.2, 0.25) is 0 Å². The second kappa shape index (κ2) is 7.85. The molecule has 0 aliphatic rings. The molecular formula is C24H27NO2. The predicted molar refractivity (Wildman–Crippen MR) is 112 cm³/mol. The molecule has 0 saturated heterocycles. The molecule has 0 bridgehead atoms. The van der Waals surface area contributed by atoms with Gasteiger partial charge in [-0.3, -0.25) is 0 Å². The Balaban J connectivity index is 2.21. The van der Waals surface area contributed by atoms with E-state index in [2.05, 4.69) is 17.9 Å². The number of nitrogens with zero attached hydrogens (tertiary/aromatic N) is 1. The van der Waals surface area contributed by atoms with E-state index in [4.69, 9.17) is 4.74 Å². The molecule has 0 aliphatic carbocycles. The molecule has 3 rings (SSSR count). The van der Waals surface area contributed by atoms with Crippen molar-refractivity contribution in [3.8, 4) is 5.75 Å². The number of rotatable bonds is 6. The minimum atomic E-state index is -1.23. The second-order valence-corrected chi connectivity index (χ2v) is 6.89. The lowest BCUT2D eigenvalue weighted by atomic mass is 9.78. The van der Waals surface area contributed by atoms with Crippen molar-refractivity contribution in [3.05, 3.63) is 95.1 Å². The summed E-state index contributed by atoms with van der Waals surface area (Å²) in [7, 11) is 5.67. The average molecular weight is 361 g/mol. The summed E-state index contributed by atoms with van der Waals surface area (Å²) < 4.78 is 5.29. The Morgan fingerprint density at radius 3 is 1.93 bits per heavy atom. The van der Waals surface area contributed by atoms with Crippen molar-refractivity contribution in [2.24, 2.45) is 0 Å². The van der Waals surface area contributed by atoms with Gasteiger partial charge in [0, 0.05) is 19.8 Å². The normalized spacial score (nSPS) is 13.1. The van der Waals surface area contributed by atoms with Crippen molar-refractivity contribution in [1.82, 2.24) is 0 Å². The minimum absolute atomic E-state index is 0.771. The zero-order valence-electron chi connectivity index (χ0n) is 16.4. The number of hydrogen-bond acceptors (Lipinski definition) is 3. The van der Waals surface area contributed by atoms with Gasteiger partial charge in [0.1, 0.15) is 11.4 Å². The standard InChI is InChI=1S/C24H27NO2/c1-5-18-8-6-7-9-23(18)24(26,20-12-16-22(27-4)17-13-20)19-10-14-21(15-11-19)25(2)3/h6-17,26H,5H2,1-4H3. The lowest BCUT2D eigenvalue weighted by molar-refractivity contribution is 0.124. The zero-order valence-corrected chi connectivity index (χ0v) is 16.4. The maximum atomic E-state index is 12.1. The Bertz CT molecular complexity index is 885. The first-order valence-corrected chi connectivity index (χ1v) is 9.23. The molecule has 0 aromatic heterocycles. The third-order valence-electron chi connectivity index (χ3n) is 5.10. The first kappa shape index (κ1) is 19.0. The Kier molecular flexibility index (Phi) is 5.52. The maximum absolute atomic E-state index is 12.1. The molecule has 1 unspecified atom stereocenters. The highest BCUT2D eigenvalue weighted by molar-refractivity contribution is 5.54. The van der Waals surface area contributed by atoms with Crippen LogP contribution in [0, 0.1) is 0 Å². The summed E-state index contributed by atoms with van der Waals surface area (Å²) in [4.78, 5) is 2.05. The molecule has 3 aromatic rings. The van der Waals surface area contributed by atoms with Gasteiger partial charge in [0.25, 0.3) is 0 Å². The molecule has 140 valence electrons. The van der Waals surface area contributed by atoms with E-state index in [-0.39, 0.29) is 0 Å². The number of hydrogen-bond donors (Lipinski definition) is 1. The van der Waals surface area contributed by atoms with Crippen molar-refractivity contribution in [2.75, 3.05) is 26.1 Å². The third-order valence-corrected chi connectivity index (χ3v) is 5.10. The van der Waals surface area contributed by atoms with Gasteiger partial charge in [-0.1, -0.05) is 55.5 Å². The second-order valence-electron chi connectivity index (χ2n) is 6.89. The van der Waals surface area contributed by atoms with E-state index in [1.807, 2.05) is 80.8 Å². The van der Waals surface area contributed by atoms with E-state index < -0.39 is 5.60 Å². The van der Waals surface area contributed by atoms with Crippen LogP contribution in [0.1, 0.15) is 29.2 Å². The summed E-state index contributed by atoms with van der Waals surface area (Å²) in [6.07, 6.45) is 0.852. The zero-order chi connectivity index (χ0) is 19.4. The van der Waals surface area contributed by atoms with Crippen LogP contribution >= 0.6 is 0 Å². The van der Waals surface area contributed by atoms with Gasteiger partial charge in [-0.05, 0) is 52.9 Å². The third kappa shape index (κ3) is 3.56. The molecule has 3 aromatic carbocycles. The first-order chi connectivity index (χ1) is 13.0.